The summed E-state index contributed by atoms with van der Waals surface area (Å²) in [6.45, 7) is 9.43. The van der Waals surface area contributed by atoms with Crippen LogP contribution in [0.1, 0.15) is 58.8 Å². The van der Waals surface area contributed by atoms with Crippen molar-refractivity contribution in [1.29, 1.82) is 0 Å². The number of hydrogen-bond donors (Lipinski definition) is 1. The van der Waals surface area contributed by atoms with Crippen molar-refractivity contribution < 1.29 is 4.79 Å². The molecule has 2 aliphatic heterocycles. The predicted molar refractivity (Wildman–Crippen MR) is 87.4 cm³/mol. The third kappa shape index (κ3) is 4.96. The van der Waals surface area contributed by atoms with Crippen molar-refractivity contribution in [2.75, 3.05) is 32.7 Å². The van der Waals surface area contributed by atoms with E-state index < -0.39 is 0 Å². The van der Waals surface area contributed by atoms with Gasteiger partial charge in [-0.05, 0) is 58.5 Å². The highest BCUT2D eigenvalue weighted by molar-refractivity contribution is 5.81. The third-order valence-electron chi connectivity index (χ3n) is 4.95. The minimum absolute atomic E-state index is 0.0341. The molecule has 1 N–H and O–H groups in total. The van der Waals surface area contributed by atoms with Crippen molar-refractivity contribution in [1.82, 2.24) is 15.1 Å². The van der Waals surface area contributed by atoms with E-state index in [0.29, 0.717) is 11.9 Å². The highest BCUT2D eigenvalue weighted by Crippen LogP contribution is 2.15. The van der Waals surface area contributed by atoms with Crippen molar-refractivity contribution in [3.8, 4) is 0 Å². The summed E-state index contributed by atoms with van der Waals surface area (Å²) in [6.07, 6.45) is 8.63. The van der Waals surface area contributed by atoms with Gasteiger partial charge in [0.1, 0.15) is 0 Å². The molecule has 0 saturated carbocycles. The van der Waals surface area contributed by atoms with Gasteiger partial charge in [-0.2, -0.15) is 0 Å². The van der Waals surface area contributed by atoms with E-state index in [0.717, 1.165) is 39.1 Å². The van der Waals surface area contributed by atoms with Gasteiger partial charge in [-0.3, -0.25) is 9.69 Å². The normalized spacial score (nSPS) is 25.1. The van der Waals surface area contributed by atoms with E-state index in [1.807, 2.05) is 0 Å². The fourth-order valence-electron chi connectivity index (χ4n) is 3.63. The van der Waals surface area contributed by atoms with Crippen molar-refractivity contribution in [3.05, 3.63) is 0 Å². The number of nitrogens with zero attached hydrogens (tertiary/aromatic N) is 2. The number of piperidine rings is 2. The maximum atomic E-state index is 12.7. The van der Waals surface area contributed by atoms with Crippen LogP contribution in [-0.2, 0) is 4.79 Å². The minimum atomic E-state index is 0.0341. The van der Waals surface area contributed by atoms with Gasteiger partial charge in [0.15, 0.2) is 0 Å². The Hall–Kier alpha value is -0.610. The molecule has 0 aromatic carbocycles. The zero-order valence-electron chi connectivity index (χ0n) is 13.9. The average molecular weight is 295 g/mol. The molecule has 0 aliphatic carbocycles. The largest absolute Gasteiger partial charge is 0.341 e. The van der Waals surface area contributed by atoms with Gasteiger partial charge in [0.2, 0.25) is 5.91 Å². The Morgan fingerprint density at radius 1 is 1.24 bits per heavy atom. The Kier molecular flexibility index (Phi) is 6.97. The van der Waals surface area contributed by atoms with Crippen LogP contribution in [0.4, 0.5) is 0 Å². The smallest absolute Gasteiger partial charge is 0.239 e. The van der Waals surface area contributed by atoms with E-state index in [1.54, 1.807) is 0 Å². The number of rotatable bonds is 6. The molecular weight excluding hydrogens is 262 g/mol. The molecule has 2 fully saturated rings. The van der Waals surface area contributed by atoms with Crippen LogP contribution in [0.25, 0.3) is 0 Å². The van der Waals surface area contributed by atoms with Crippen LogP contribution in [0.3, 0.4) is 0 Å². The predicted octanol–water partition coefficient (Wildman–Crippen LogP) is 2.24. The SMILES string of the molecule is CCCN(CC1CCCCN1)C(C)C(=O)N1CCCCC1. The van der Waals surface area contributed by atoms with Crippen LogP contribution in [-0.4, -0.2) is 60.5 Å². The molecular formula is C17H33N3O. The van der Waals surface area contributed by atoms with Crippen LogP contribution in [0.5, 0.6) is 0 Å². The standard InChI is InChI=1S/C17H33N3O/c1-3-11-20(14-16-9-5-6-10-18-16)15(2)17(21)19-12-7-4-8-13-19/h15-16,18H,3-14H2,1-2H3. The van der Waals surface area contributed by atoms with Gasteiger partial charge in [0.25, 0.3) is 0 Å². The monoisotopic (exact) mass is 295 g/mol. The lowest BCUT2D eigenvalue weighted by Gasteiger charge is -2.37. The number of carbonyl (C=O) groups is 1. The molecule has 2 rings (SSSR count). The van der Waals surface area contributed by atoms with Crippen molar-refractivity contribution in [2.24, 2.45) is 0 Å². The molecule has 2 aliphatic rings. The Labute approximate surface area is 130 Å². The maximum Gasteiger partial charge on any atom is 0.239 e. The van der Waals surface area contributed by atoms with E-state index in [1.165, 1.54) is 38.5 Å². The van der Waals surface area contributed by atoms with E-state index in [2.05, 4.69) is 29.0 Å². The molecule has 21 heavy (non-hydrogen) atoms. The molecule has 0 aromatic rings. The first-order valence-electron chi connectivity index (χ1n) is 8.98. The van der Waals surface area contributed by atoms with Gasteiger partial charge in [-0.15, -0.1) is 0 Å². The minimum Gasteiger partial charge on any atom is -0.341 e. The molecule has 0 radical (unpaired) electrons. The molecule has 2 heterocycles. The van der Waals surface area contributed by atoms with Gasteiger partial charge >= 0.3 is 0 Å². The van der Waals surface area contributed by atoms with Crippen LogP contribution >= 0.6 is 0 Å². The molecule has 122 valence electrons. The molecule has 0 aromatic heterocycles. The molecule has 0 spiro atoms. The van der Waals surface area contributed by atoms with Gasteiger partial charge in [-0.1, -0.05) is 13.3 Å². The lowest BCUT2D eigenvalue weighted by molar-refractivity contribution is -0.137. The fraction of sp³-hybridized carbons (Fsp3) is 0.941. The van der Waals surface area contributed by atoms with Gasteiger partial charge in [-0.25, -0.2) is 0 Å². The highest BCUT2D eigenvalue weighted by atomic mass is 16.2. The first kappa shape index (κ1) is 16.8. The summed E-state index contributed by atoms with van der Waals surface area (Å²) in [4.78, 5) is 17.2. The molecule has 4 heteroatoms. The Morgan fingerprint density at radius 2 is 2.00 bits per heavy atom. The fourth-order valence-corrected chi connectivity index (χ4v) is 3.63. The third-order valence-corrected chi connectivity index (χ3v) is 4.95. The second-order valence-corrected chi connectivity index (χ2v) is 6.70. The molecule has 2 unspecified atom stereocenters. The van der Waals surface area contributed by atoms with E-state index >= 15 is 0 Å². The summed E-state index contributed by atoms with van der Waals surface area (Å²) >= 11 is 0. The lowest BCUT2D eigenvalue weighted by Crippen LogP contribution is -2.53. The van der Waals surface area contributed by atoms with Crippen LogP contribution < -0.4 is 5.32 Å². The van der Waals surface area contributed by atoms with Crippen LogP contribution in [0.2, 0.25) is 0 Å². The first-order valence-corrected chi connectivity index (χ1v) is 8.98. The lowest BCUT2D eigenvalue weighted by atomic mass is 10.0. The Balaban J connectivity index is 1.89. The van der Waals surface area contributed by atoms with Crippen LogP contribution in [0.15, 0.2) is 0 Å². The summed E-state index contributed by atoms with van der Waals surface area (Å²) < 4.78 is 0. The van der Waals surface area contributed by atoms with Crippen molar-refractivity contribution in [2.45, 2.75) is 70.9 Å². The second-order valence-electron chi connectivity index (χ2n) is 6.70. The molecule has 0 bridgehead atoms. The summed E-state index contributed by atoms with van der Waals surface area (Å²) in [6, 6.07) is 0.605. The molecule has 1 amide bonds. The average Bonchev–Trinajstić information content (AvgIpc) is 2.55. The topological polar surface area (TPSA) is 35.6 Å². The first-order chi connectivity index (χ1) is 10.2. The van der Waals surface area contributed by atoms with Gasteiger partial charge in [0, 0.05) is 25.7 Å². The summed E-state index contributed by atoms with van der Waals surface area (Å²) in [5.74, 6) is 0.346. The zero-order chi connectivity index (χ0) is 15.1. The molecule has 4 nitrogen and oxygen atoms in total. The number of carbonyl (C=O) groups excluding carboxylic acids is 1. The Bertz CT molecular complexity index is 309. The van der Waals surface area contributed by atoms with Crippen molar-refractivity contribution in [3.63, 3.8) is 0 Å². The maximum absolute atomic E-state index is 12.7. The number of nitrogens with one attached hydrogen (secondary N) is 1. The zero-order valence-corrected chi connectivity index (χ0v) is 13.9. The van der Waals surface area contributed by atoms with Gasteiger partial charge < -0.3 is 10.2 Å². The van der Waals surface area contributed by atoms with E-state index in [4.69, 9.17) is 0 Å². The van der Waals surface area contributed by atoms with Crippen LogP contribution in [0, 0.1) is 0 Å². The van der Waals surface area contributed by atoms with Crippen molar-refractivity contribution >= 4 is 5.91 Å². The summed E-state index contributed by atoms with van der Waals surface area (Å²) in [5.41, 5.74) is 0. The van der Waals surface area contributed by atoms with E-state index in [9.17, 15) is 4.79 Å². The molecule has 2 saturated heterocycles. The number of amides is 1. The number of hydrogen-bond acceptors (Lipinski definition) is 3. The number of likely N-dealkylation sites (tertiary alicyclic amines) is 1. The summed E-state index contributed by atoms with van der Waals surface area (Å²) in [7, 11) is 0. The quantitative estimate of drug-likeness (QED) is 0.816. The second kappa shape index (κ2) is 8.74. The molecule has 2 atom stereocenters. The van der Waals surface area contributed by atoms with E-state index in [-0.39, 0.29) is 6.04 Å². The highest BCUT2D eigenvalue weighted by Gasteiger charge is 2.28. The Morgan fingerprint density at radius 3 is 2.62 bits per heavy atom. The summed E-state index contributed by atoms with van der Waals surface area (Å²) in [5, 5.41) is 3.61. The van der Waals surface area contributed by atoms with Gasteiger partial charge in [0.05, 0.1) is 6.04 Å².